The van der Waals surface area contributed by atoms with Crippen LogP contribution in [0.15, 0.2) is 23.5 Å². The van der Waals surface area contributed by atoms with Crippen LogP contribution in [-0.4, -0.2) is 11.8 Å². The molecule has 1 aliphatic rings. The maximum atomic E-state index is 12.4. The number of ether oxygens (including phenoxy) is 1. The Morgan fingerprint density at radius 2 is 1.90 bits per heavy atom. The van der Waals surface area contributed by atoms with Gasteiger partial charge in [0, 0.05) is 12.3 Å². The number of Topliss-reactive ketones (excluding diaryl/α,β-unsaturated/α-hetero) is 1. The number of carbonyl (C=O) groups excluding carboxylic acids is 2. The Hall–Kier alpha value is -1.38. The van der Waals surface area contributed by atoms with Crippen LogP contribution in [0.1, 0.15) is 66.7 Å². The van der Waals surface area contributed by atoms with Gasteiger partial charge in [0.05, 0.1) is 11.0 Å². The second-order valence-corrected chi connectivity index (χ2v) is 6.70. The highest BCUT2D eigenvalue weighted by atomic mass is 16.5. The van der Waals surface area contributed by atoms with E-state index < -0.39 is 5.41 Å². The molecule has 3 heteroatoms. The minimum absolute atomic E-state index is 0.0463. The number of hydrogen-bond acceptors (Lipinski definition) is 3. The lowest BCUT2D eigenvalue weighted by Crippen LogP contribution is -2.24. The Labute approximate surface area is 128 Å². The topological polar surface area (TPSA) is 43.4 Å². The number of esters is 1. The fraction of sp³-hybridized carbons (Fsp3) is 0.667. The van der Waals surface area contributed by atoms with Gasteiger partial charge in [-0.1, -0.05) is 38.8 Å². The fourth-order valence-corrected chi connectivity index (χ4v) is 2.19. The van der Waals surface area contributed by atoms with Gasteiger partial charge in [-0.3, -0.25) is 9.59 Å². The zero-order chi connectivity index (χ0) is 16.0. The lowest BCUT2D eigenvalue weighted by molar-refractivity contribution is -0.148. The van der Waals surface area contributed by atoms with Crippen molar-refractivity contribution in [3.8, 4) is 0 Å². The summed E-state index contributed by atoms with van der Waals surface area (Å²) in [4.78, 5) is 24.5. The van der Waals surface area contributed by atoms with Gasteiger partial charge in [0.1, 0.15) is 5.76 Å². The van der Waals surface area contributed by atoms with Crippen LogP contribution >= 0.6 is 0 Å². The highest BCUT2D eigenvalue weighted by molar-refractivity contribution is 6.04. The Kier molecular flexibility index (Phi) is 6.38. The molecule has 1 aliphatic carbocycles. The smallest absolute Gasteiger partial charge is 0.316 e. The van der Waals surface area contributed by atoms with Gasteiger partial charge in [0.25, 0.3) is 0 Å². The van der Waals surface area contributed by atoms with E-state index in [4.69, 9.17) is 4.74 Å². The molecule has 1 atom stereocenters. The molecular formula is C18H28O3. The molecule has 0 saturated heterocycles. The van der Waals surface area contributed by atoms with Crippen LogP contribution in [0.4, 0.5) is 0 Å². The van der Waals surface area contributed by atoms with Crippen molar-refractivity contribution in [1.29, 1.82) is 0 Å². The first-order valence-corrected chi connectivity index (χ1v) is 7.99. The molecule has 1 rings (SSSR count). The molecular weight excluding hydrogens is 264 g/mol. The number of allylic oxidation sites excluding steroid dienone is 4. The molecule has 3 nitrogen and oxygen atoms in total. The summed E-state index contributed by atoms with van der Waals surface area (Å²) in [6, 6.07) is 0. The molecule has 21 heavy (non-hydrogen) atoms. The quantitative estimate of drug-likeness (QED) is 0.409. The average Bonchev–Trinajstić information content (AvgIpc) is 2.75. The molecule has 0 amide bonds. The normalized spacial score (nSPS) is 20.8. The molecule has 0 N–H and O–H groups in total. The molecule has 0 spiro atoms. The van der Waals surface area contributed by atoms with E-state index in [1.165, 1.54) is 0 Å². The van der Waals surface area contributed by atoms with Gasteiger partial charge in [-0.25, -0.2) is 0 Å². The third-order valence-corrected chi connectivity index (χ3v) is 3.58. The van der Waals surface area contributed by atoms with E-state index in [1.54, 1.807) is 0 Å². The first kappa shape index (κ1) is 17.7. The number of unbranched alkanes of at least 4 members (excludes halogenated alkanes) is 1. The van der Waals surface area contributed by atoms with Gasteiger partial charge in [-0.05, 0) is 33.6 Å². The van der Waals surface area contributed by atoms with Gasteiger partial charge < -0.3 is 4.74 Å². The van der Waals surface area contributed by atoms with Gasteiger partial charge in [0.2, 0.25) is 0 Å². The molecule has 0 saturated carbocycles. The third-order valence-electron chi connectivity index (χ3n) is 3.58. The third kappa shape index (κ3) is 4.83. The maximum absolute atomic E-state index is 12.4. The van der Waals surface area contributed by atoms with Crippen molar-refractivity contribution in [1.82, 2.24) is 0 Å². The van der Waals surface area contributed by atoms with E-state index >= 15 is 0 Å². The minimum Gasteiger partial charge on any atom is -0.430 e. The van der Waals surface area contributed by atoms with Crippen molar-refractivity contribution in [2.45, 2.75) is 66.7 Å². The van der Waals surface area contributed by atoms with Crippen LogP contribution in [0.2, 0.25) is 0 Å². The van der Waals surface area contributed by atoms with Crippen LogP contribution in [0.5, 0.6) is 0 Å². The number of hydrogen-bond donors (Lipinski definition) is 0. The summed E-state index contributed by atoms with van der Waals surface area (Å²) < 4.78 is 5.57. The van der Waals surface area contributed by atoms with Crippen molar-refractivity contribution in [3.63, 3.8) is 0 Å². The van der Waals surface area contributed by atoms with E-state index in [2.05, 4.69) is 13.8 Å². The monoisotopic (exact) mass is 292 g/mol. The second kappa shape index (κ2) is 7.58. The molecule has 0 fully saturated rings. The second-order valence-electron chi connectivity index (χ2n) is 6.70. The van der Waals surface area contributed by atoms with Crippen LogP contribution < -0.4 is 0 Å². The number of carbonyl (C=O) groups is 2. The van der Waals surface area contributed by atoms with Gasteiger partial charge in [-0.2, -0.15) is 0 Å². The lowest BCUT2D eigenvalue weighted by Gasteiger charge is -2.19. The molecule has 118 valence electrons. The minimum atomic E-state index is -0.563. The van der Waals surface area contributed by atoms with Crippen LogP contribution in [-0.2, 0) is 14.3 Å². The standard InChI is InChI=1S/C18H28O3/c1-6-8-10-15(21-17(20)18(3,4)5)14-12-11-13(9-7-2)16(14)19/h11-13H,6-10H2,1-5H3/b15-14+. The van der Waals surface area contributed by atoms with E-state index in [9.17, 15) is 9.59 Å². The Balaban J connectivity index is 2.97. The zero-order valence-electron chi connectivity index (χ0n) is 14.0. The van der Waals surface area contributed by atoms with Crippen molar-refractivity contribution in [2.24, 2.45) is 11.3 Å². The SMILES string of the molecule is CCCC/C(OC(=O)C(C)(C)C)=C1/C=CC(CCC)C1=O. The molecule has 0 aromatic carbocycles. The molecule has 1 unspecified atom stereocenters. The van der Waals surface area contributed by atoms with Crippen molar-refractivity contribution < 1.29 is 14.3 Å². The average molecular weight is 292 g/mol. The largest absolute Gasteiger partial charge is 0.430 e. The first-order valence-electron chi connectivity index (χ1n) is 7.99. The van der Waals surface area contributed by atoms with E-state index in [0.717, 1.165) is 25.7 Å². The van der Waals surface area contributed by atoms with Gasteiger partial charge in [-0.15, -0.1) is 0 Å². The van der Waals surface area contributed by atoms with Crippen LogP contribution in [0.25, 0.3) is 0 Å². The van der Waals surface area contributed by atoms with Crippen molar-refractivity contribution in [2.75, 3.05) is 0 Å². The summed E-state index contributed by atoms with van der Waals surface area (Å²) in [5, 5.41) is 0. The van der Waals surface area contributed by atoms with E-state index in [0.29, 0.717) is 17.8 Å². The Morgan fingerprint density at radius 1 is 1.24 bits per heavy atom. The highest BCUT2D eigenvalue weighted by Gasteiger charge is 2.30. The summed E-state index contributed by atoms with van der Waals surface area (Å²) >= 11 is 0. The summed E-state index contributed by atoms with van der Waals surface area (Å²) in [6.07, 6.45) is 8.16. The zero-order valence-corrected chi connectivity index (χ0v) is 14.0. The summed E-state index contributed by atoms with van der Waals surface area (Å²) in [5.41, 5.74) is 0.0335. The van der Waals surface area contributed by atoms with Crippen molar-refractivity contribution >= 4 is 11.8 Å². The molecule has 0 bridgehead atoms. The molecule has 0 aliphatic heterocycles. The van der Waals surface area contributed by atoms with E-state index in [1.807, 2.05) is 32.9 Å². The van der Waals surface area contributed by atoms with Crippen LogP contribution in [0, 0.1) is 11.3 Å². The highest BCUT2D eigenvalue weighted by Crippen LogP contribution is 2.29. The van der Waals surface area contributed by atoms with E-state index in [-0.39, 0.29) is 17.7 Å². The summed E-state index contributed by atoms with van der Waals surface area (Å²) in [7, 11) is 0. The maximum Gasteiger partial charge on any atom is 0.316 e. The predicted molar refractivity (Wildman–Crippen MR) is 84.6 cm³/mol. The number of rotatable bonds is 6. The Bertz CT molecular complexity index is 450. The summed E-state index contributed by atoms with van der Waals surface area (Å²) in [5.74, 6) is 0.331. The number of ketones is 1. The molecule has 0 aromatic heterocycles. The Morgan fingerprint density at radius 3 is 2.43 bits per heavy atom. The fourth-order valence-electron chi connectivity index (χ4n) is 2.19. The molecule has 0 aromatic rings. The molecule has 0 radical (unpaired) electrons. The molecule has 0 heterocycles. The first-order chi connectivity index (χ1) is 9.81. The van der Waals surface area contributed by atoms with Gasteiger partial charge in [0.15, 0.2) is 5.78 Å². The van der Waals surface area contributed by atoms with Crippen molar-refractivity contribution in [3.05, 3.63) is 23.5 Å². The summed E-state index contributed by atoms with van der Waals surface area (Å²) in [6.45, 7) is 9.62. The van der Waals surface area contributed by atoms with Gasteiger partial charge >= 0.3 is 5.97 Å². The predicted octanol–water partition coefficient (Wildman–Crippen LogP) is 4.58. The lowest BCUT2D eigenvalue weighted by atomic mass is 9.96. The van der Waals surface area contributed by atoms with Crippen LogP contribution in [0.3, 0.4) is 0 Å².